The van der Waals surface area contributed by atoms with Gasteiger partial charge in [-0.1, -0.05) is 29.8 Å². The normalized spacial score (nSPS) is 10.0. The fourth-order valence-corrected chi connectivity index (χ4v) is 1.93. The molecular weight excluding hydrogens is 288 g/mol. The van der Waals surface area contributed by atoms with Crippen LogP contribution in [-0.2, 0) is 9.59 Å². The molecule has 0 aliphatic heterocycles. The van der Waals surface area contributed by atoms with Gasteiger partial charge in [0, 0.05) is 5.69 Å². The smallest absolute Gasteiger partial charge is 0.314 e. The molecule has 4 nitrogen and oxygen atoms in total. The van der Waals surface area contributed by atoms with E-state index >= 15 is 0 Å². The third-order valence-electron chi connectivity index (χ3n) is 3.09. The molecule has 2 amide bonds. The highest BCUT2D eigenvalue weighted by Gasteiger charge is 2.15. The molecule has 0 bridgehead atoms. The van der Waals surface area contributed by atoms with E-state index in [4.69, 9.17) is 11.6 Å². The van der Waals surface area contributed by atoms with Gasteiger partial charge >= 0.3 is 11.8 Å². The van der Waals surface area contributed by atoms with Crippen LogP contribution in [0.3, 0.4) is 0 Å². The summed E-state index contributed by atoms with van der Waals surface area (Å²) in [6.07, 6.45) is 0. The van der Waals surface area contributed by atoms with Crippen molar-refractivity contribution in [3.8, 4) is 0 Å². The van der Waals surface area contributed by atoms with Crippen molar-refractivity contribution < 1.29 is 9.59 Å². The lowest BCUT2D eigenvalue weighted by molar-refractivity contribution is -0.132. The third-order valence-corrected chi connectivity index (χ3v) is 3.42. The Bertz CT molecular complexity index is 698. The molecule has 2 N–H and O–H groups in total. The topological polar surface area (TPSA) is 58.2 Å². The molecule has 0 aromatic heterocycles. The predicted molar refractivity (Wildman–Crippen MR) is 84.6 cm³/mol. The summed E-state index contributed by atoms with van der Waals surface area (Å²) in [4.78, 5) is 23.7. The minimum atomic E-state index is -0.763. The number of aryl methyl sites for hydroxylation is 2. The summed E-state index contributed by atoms with van der Waals surface area (Å²) in [5.74, 6) is -1.50. The van der Waals surface area contributed by atoms with Crippen molar-refractivity contribution in [2.45, 2.75) is 13.8 Å². The third kappa shape index (κ3) is 3.83. The minimum Gasteiger partial charge on any atom is -0.318 e. The molecule has 108 valence electrons. The molecule has 0 aliphatic rings. The Hall–Kier alpha value is -2.33. The molecule has 0 saturated carbocycles. The molecule has 2 aromatic rings. The summed E-state index contributed by atoms with van der Waals surface area (Å²) >= 11 is 5.92. The van der Waals surface area contributed by atoms with Crippen molar-refractivity contribution in [2.24, 2.45) is 0 Å². The molecule has 0 atom stereocenters. The average Bonchev–Trinajstić information content (AvgIpc) is 2.45. The van der Waals surface area contributed by atoms with Gasteiger partial charge in [0.15, 0.2) is 0 Å². The van der Waals surface area contributed by atoms with Crippen molar-refractivity contribution >= 4 is 34.8 Å². The van der Waals surface area contributed by atoms with Crippen molar-refractivity contribution in [1.29, 1.82) is 0 Å². The second-order valence-corrected chi connectivity index (χ2v) is 5.09. The van der Waals surface area contributed by atoms with Crippen molar-refractivity contribution in [1.82, 2.24) is 0 Å². The molecule has 0 saturated heterocycles. The zero-order chi connectivity index (χ0) is 15.4. The summed E-state index contributed by atoms with van der Waals surface area (Å²) in [5, 5.41) is 5.41. The number of carbonyl (C=O) groups is 2. The van der Waals surface area contributed by atoms with Crippen LogP contribution in [0, 0.1) is 13.8 Å². The lowest BCUT2D eigenvalue weighted by atomic mass is 10.1. The fourth-order valence-electron chi connectivity index (χ4n) is 1.75. The first-order valence-corrected chi connectivity index (χ1v) is 6.79. The number of anilines is 2. The molecule has 5 heteroatoms. The summed E-state index contributed by atoms with van der Waals surface area (Å²) in [7, 11) is 0. The second-order valence-electron chi connectivity index (χ2n) is 4.69. The Kier molecular flexibility index (Phi) is 4.60. The van der Waals surface area contributed by atoms with Gasteiger partial charge < -0.3 is 10.6 Å². The molecule has 2 rings (SSSR count). The highest BCUT2D eigenvalue weighted by molar-refractivity contribution is 6.44. The Labute approximate surface area is 128 Å². The molecule has 0 unspecified atom stereocenters. The van der Waals surface area contributed by atoms with Crippen molar-refractivity contribution in [3.05, 3.63) is 58.6 Å². The van der Waals surface area contributed by atoms with Gasteiger partial charge in [0.2, 0.25) is 0 Å². The number of amides is 2. The molecule has 2 aromatic carbocycles. The van der Waals surface area contributed by atoms with E-state index in [1.807, 2.05) is 26.0 Å². The average molecular weight is 303 g/mol. The van der Waals surface area contributed by atoms with E-state index in [0.717, 1.165) is 11.1 Å². The SMILES string of the molecule is Cc1ccc(NC(=O)C(=O)Nc2ccccc2Cl)cc1C. The van der Waals surface area contributed by atoms with E-state index in [9.17, 15) is 9.59 Å². The highest BCUT2D eigenvalue weighted by atomic mass is 35.5. The first kappa shape index (κ1) is 15.1. The van der Waals surface area contributed by atoms with Crippen LogP contribution in [0.4, 0.5) is 11.4 Å². The predicted octanol–water partition coefficient (Wildman–Crippen LogP) is 3.53. The molecule has 0 spiro atoms. The van der Waals surface area contributed by atoms with Crippen LogP contribution < -0.4 is 10.6 Å². The van der Waals surface area contributed by atoms with Crippen molar-refractivity contribution in [3.63, 3.8) is 0 Å². The van der Waals surface area contributed by atoms with Gasteiger partial charge in [-0.2, -0.15) is 0 Å². The minimum absolute atomic E-state index is 0.379. The van der Waals surface area contributed by atoms with Gasteiger partial charge in [0.05, 0.1) is 10.7 Å². The van der Waals surface area contributed by atoms with Crippen LogP contribution in [0.5, 0.6) is 0 Å². The first-order valence-electron chi connectivity index (χ1n) is 6.41. The maximum atomic E-state index is 11.9. The van der Waals surface area contributed by atoms with E-state index in [1.54, 1.807) is 30.3 Å². The maximum Gasteiger partial charge on any atom is 0.314 e. The molecule has 0 aliphatic carbocycles. The quantitative estimate of drug-likeness (QED) is 0.834. The fraction of sp³-hybridized carbons (Fsp3) is 0.125. The Morgan fingerprint density at radius 2 is 1.57 bits per heavy atom. The van der Waals surface area contributed by atoms with Crippen LogP contribution in [0.25, 0.3) is 0 Å². The summed E-state index contributed by atoms with van der Waals surface area (Å²) < 4.78 is 0. The number of halogens is 1. The Morgan fingerprint density at radius 1 is 0.905 bits per heavy atom. The number of hydrogen-bond acceptors (Lipinski definition) is 2. The van der Waals surface area contributed by atoms with Gasteiger partial charge in [-0.25, -0.2) is 0 Å². The zero-order valence-corrected chi connectivity index (χ0v) is 12.5. The molecule has 0 heterocycles. The molecule has 0 radical (unpaired) electrons. The number of rotatable bonds is 2. The van der Waals surface area contributed by atoms with Crippen LogP contribution >= 0.6 is 11.6 Å². The number of benzene rings is 2. The lowest BCUT2D eigenvalue weighted by Gasteiger charge is -2.09. The van der Waals surface area contributed by atoms with Gasteiger partial charge in [-0.05, 0) is 49.2 Å². The number of carbonyl (C=O) groups excluding carboxylic acids is 2. The van der Waals surface area contributed by atoms with Crippen molar-refractivity contribution in [2.75, 3.05) is 10.6 Å². The van der Waals surface area contributed by atoms with E-state index in [2.05, 4.69) is 10.6 Å². The molecular formula is C16H15ClN2O2. The van der Waals surface area contributed by atoms with Crippen LogP contribution in [-0.4, -0.2) is 11.8 Å². The summed E-state index contributed by atoms with van der Waals surface area (Å²) in [6.45, 7) is 3.92. The summed E-state index contributed by atoms with van der Waals surface area (Å²) in [5.41, 5.74) is 3.14. The second kappa shape index (κ2) is 6.41. The van der Waals surface area contributed by atoms with E-state index in [1.165, 1.54) is 0 Å². The van der Waals surface area contributed by atoms with Gasteiger partial charge in [-0.15, -0.1) is 0 Å². The number of para-hydroxylation sites is 1. The van der Waals surface area contributed by atoms with Gasteiger partial charge in [0.1, 0.15) is 0 Å². The van der Waals surface area contributed by atoms with Gasteiger partial charge in [0.25, 0.3) is 0 Å². The van der Waals surface area contributed by atoms with E-state index in [-0.39, 0.29) is 0 Å². The van der Waals surface area contributed by atoms with Crippen LogP contribution in [0.1, 0.15) is 11.1 Å². The first-order chi connectivity index (χ1) is 9.97. The highest BCUT2D eigenvalue weighted by Crippen LogP contribution is 2.20. The zero-order valence-electron chi connectivity index (χ0n) is 11.7. The largest absolute Gasteiger partial charge is 0.318 e. The molecule has 0 fully saturated rings. The summed E-state index contributed by atoms with van der Waals surface area (Å²) in [6, 6.07) is 12.2. The maximum absolute atomic E-state index is 11.9. The number of hydrogen-bond donors (Lipinski definition) is 2. The van der Waals surface area contributed by atoms with E-state index in [0.29, 0.717) is 16.4 Å². The lowest BCUT2D eigenvalue weighted by Crippen LogP contribution is -2.29. The van der Waals surface area contributed by atoms with Crippen LogP contribution in [0.15, 0.2) is 42.5 Å². The molecule has 21 heavy (non-hydrogen) atoms. The Morgan fingerprint density at radius 3 is 2.24 bits per heavy atom. The van der Waals surface area contributed by atoms with E-state index < -0.39 is 11.8 Å². The standard InChI is InChI=1S/C16H15ClN2O2/c1-10-7-8-12(9-11(10)2)18-15(20)16(21)19-14-6-4-3-5-13(14)17/h3-9H,1-2H3,(H,18,20)(H,19,21). The Balaban J connectivity index is 2.04. The monoisotopic (exact) mass is 302 g/mol. The van der Waals surface area contributed by atoms with Gasteiger partial charge in [-0.3, -0.25) is 9.59 Å². The number of nitrogens with one attached hydrogen (secondary N) is 2. The van der Waals surface area contributed by atoms with Crippen LogP contribution in [0.2, 0.25) is 5.02 Å².